The fraction of sp³-hybridized carbons (Fsp3) is 0.286. The van der Waals surface area contributed by atoms with Gasteiger partial charge in [-0.05, 0) is 43.5 Å². The minimum Gasteiger partial charge on any atom is -0.494 e. The first-order chi connectivity index (χ1) is 13.6. The number of ether oxygens (including phenoxy) is 1. The zero-order chi connectivity index (χ0) is 19.7. The van der Waals surface area contributed by atoms with Gasteiger partial charge in [-0.2, -0.15) is 0 Å². The van der Waals surface area contributed by atoms with E-state index in [4.69, 9.17) is 4.74 Å². The van der Waals surface area contributed by atoms with Crippen molar-refractivity contribution >= 4 is 22.5 Å². The number of fused-ring (bicyclic) bond motifs is 1. The van der Waals surface area contributed by atoms with Crippen LogP contribution in [0.15, 0.2) is 48.7 Å². The van der Waals surface area contributed by atoms with Crippen molar-refractivity contribution in [3.63, 3.8) is 0 Å². The topological polar surface area (TPSA) is 88.5 Å². The SMILES string of the molecule is CCOc1ccc(C2CCCN2C(=O)c2c[nH]c3ccc([N+](=O)[O-])cc23)cc1. The number of nitrogens with one attached hydrogen (secondary N) is 1. The molecule has 0 bridgehead atoms. The Morgan fingerprint density at radius 2 is 2.07 bits per heavy atom. The number of H-pyrrole nitrogens is 1. The smallest absolute Gasteiger partial charge is 0.270 e. The van der Waals surface area contributed by atoms with Gasteiger partial charge in [-0.3, -0.25) is 14.9 Å². The van der Waals surface area contributed by atoms with E-state index in [9.17, 15) is 14.9 Å². The van der Waals surface area contributed by atoms with Crippen LogP contribution in [0.25, 0.3) is 10.9 Å². The Bertz CT molecular complexity index is 1030. The Morgan fingerprint density at radius 3 is 2.79 bits per heavy atom. The van der Waals surface area contributed by atoms with E-state index >= 15 is 0 Å². The summed E-state index contributed by atoms with van der Waals surface area (Å²) in [6, 6.07) is 12.4. The number of carbonyl (C=O) groups is 1. The number of non-ortho nitro benzene ring substituents is 1. The van der Waals surface area contributed by atoms with E-state index < -0.39 is 4.92 Å². The number of benzene rings is 2. The molecule has 0 aliphatic carbocycles. The number of nitrogens with zero attached hydrogens (tertiary/aromatic N) is 2. The molecule has 0 spiro atoms. The van der Waals surface area contributed by atoms with Crippen LogP contribution in [0.5, 0.6) is 5.75 Å². The molecule has 7 nitrogen and oxygen atoms in total. The van der Waals surface area contributed by atoms with Gasteiger partial charge >= 0.3 is 0 Å². The summed E-state index contributed by atoms with van der Waals surface area (Å²) in [5, 5.41) is 11.7. The van der Waals surface area contributed by atoms with Crippen molar-refractivity contribution in [3.05, 3.63) is 69.9 Å². The maximum Gasteiger partial charge on any atom is 0.270 e. The van der Waals surface area contributed by atoms with Gasteiger partial charge in [-0.1, -0.05) is 12.1 Å². The summed E-state index contributed by atoms with van der Waals surface area (Å²) in [6.45, 7) is 3.22. The van der Waals surface area contributed by atoms with E-state index in [1.54, 1.807) is 12.3 Å². The number of likely N-dealkylation sites (tertiary alicyclic amines) is 1. The summed E-state index contributed by atoms with van der Waals surface area (Å²) < 4.78 is 5.50. The Hall–Kier alpha value is -3.35. The maximum absolute atomic E-state index is 13.3. The molecule has 7 heteroatoms. The lowest BCUT2D eigenvalue weighted by Gasteiger charge is -2.25. The van der Waals surface area contributed by atoms with Crippen LogP contribution in [0.1, 0.15) is 41.7 Å². The molecule has 1 N–H and O–H groups in total. The van der Waals surface area contributed by atoms with Gasteiger partial charge in [0, 0.05) is 35.8 Å². The van der Waals surface area contributed by atoms with E-state index in [2.05, 4.69) is 4.98 Å². The molecule has 1 aliphatic heterocycles. The molecule has 0 radical (unpaired) electrons. The molecule has 4 rings (SSSR count). The average Bonchev–Trinajstić information content (AvgIpc) is 3.35. The zero-order valence-corrected chi connectivity index (χ0v) is 15.6. The minimum absolute atomic E-state index is 0.00757. The zero-order valence-electron chi connectivity index (χ0n) is 15.6. The lowest BCUT2D eigenvalue weighted by atomic mass is 10.0. The van der Waals surface area contributed by atoms with Gasteiger partial charge in [-0.25, -0.2) is 0 Å². The third-order valence-electron chi connectivity index (χ3n) is 5.20. The van der Waals surface area contributed by atoms with Gasteiger partial charge in [0.2, 0.25) is 0 Å². The van der Waals surface area contributed by atoms with Crippen molar-refractivity contribution in [1.82, 2.24) is 9.88 Å². The molecule has 1 amide bonds. The van der Waals surface area contributed by atoms with E-state index in [0.717, 1.165) is 24.2 Å². The molecule has 2 aromatic carbocycles. The minimum atomic E-state index is -0.445. The largest absolute Gasteiger partial charge is 0.494 e. The van der Waals surface area contributed by atoms with Crippen LogP contribution in [0.4, 0.5) is 5.69 Å². The van der Waals surface area contributed by atoms with Gasteiger partial charge in [0.15, 0.2) is 0 Å². The van der Waals surface area contributed by atoms with Crippen LogP contribution in [-0.4, -0.2) is 33.9 Å². The molecule has 144 valence electrons. The molecular formula is C21H21N3O4. The number of aromatic amines is 1. The van der Waals surface area contributed by atoms with Gasteiger partial charge in [0.05, 0.1) is 23.1 Å². The van der Waals surface area contributed by atoms with Crippen LogP contribution in [0.3, 0.4) is 0 Å². The van der Waals surface area contributed by atoms with Crippen molar-refractivity contribution in [1.29, 1.82) is 0 Å². The number of hydrogen-bond donors (Lipinski definition) is 1. The second-order valence-corrected chi connectivity index (χ2v) is 6.85. The molecule has 1 unspecified atom stereocenters. The lowest BCUT2D eigenvalue weighted by molar-refractivity contribution is -0.384. The highest BCUT2D eigenvalue weighted by atomic mass is 16.6. The van der Waals surface area contributed by atoms with E-state index in [1.807, 2.05) is 36.1 Å². The molecule has 3 aromatic rings. The number of amides is 1. The molecule has 1 aromatic heterocycles. The molecule has 1 atom stereocenters. The van der Waals surface area contributed by atoms with Crippen LogP contribution in [0, 0.1) is 10.1 Å². The Kier molecular flexibility index (Phi) is 4.73. The molecule has 2 heterocycles. The summed E-state index contributed by atoms with van der Waals surface area (Å²) in [4.78, 5) is 28.8. The van der Waals surface area contributed by atoms with Crippen LogP contribution in [-0.2, 0) is 0 Å². The number of aromatic nitrogens is 1. The second kappa shape index (κ2) is 7.34. The monoisotopic (exact) mass is 379 g/mol. The molecule has 0 saturated carbocycles. The molecule has 1 aliphatic rings. The quantitative estimate of drug-likeness (QED) is 0.524. The summed E-state index contributed by atoms with van der Waals surface area (Å²) in [7, 11) is 0. The summed E-state index contributed by atoms with van der Waals surface area (Å²) in [6.07, 6.45) is 3.46. The standard InChI is InChI=1S/C21H21N3O4/c1-2-28-16-8-5-14(6-9-16)20-4-3-11-23(20)21(25)18-13-22-19-10-7-15(24(26)27)12-17(18)19/h5-10,12-13,20,22H,2-4,11H2,1H3. The predicted octanol–water partition coefficient (Wildman–Crippen LogP) is 4.45. The van der Waals surface area contributed by atoms with E-state index in [-0.39, 0.29) is 17.6 Å². The molecule has 1 saturated heterocycles. The van der Waals surface area contributed by atoms with Crippen LogP contribution < -0.4 is 4.74 Å². The number of hydrogen-bond acceptors (Lipinski definition) is 4. The third kappa shape index (κ3) is 3.19. The summed E-state index contributed by atoms with van der Waals surface area (Å²) >= 11 is 0. The highest BCUT2D eigenvalue weighted by Gasteiger charge is 2.32. The van der Waals surface area contributed by atoms with Crippen molar-refractivity contribution in [2.75, 3.05) is 13.2 Å². The maximum atomic E-state index is 13.3. The molecule has 1 fully saturated rings. The number of nitro benzene ring substituents is 1. The van der Waals surface area contributed by atoms with Gasteiger partial charge in [-0.15, -0.1) is 0 Å². The molecular weight excluding hydrogens is 358 g/mol. The fourth-order valence-electron chi connectivity index (χ4n) is 3.86. The highest BCUT2D eigenvalue weighted by Crippen LogP contribution is 2.35. The summed E-state index contributed by atoms with van der Waals surface area (Å²) in [5.41, 5.74) is 2.23. The van der Waals surface area contributed by atoms with Crippen molar-refractivity contribution in [2.45, 2.75) is 25.8 Å². The third-order valence-corrected chi connectivity index (χ3v) is 5.20. The van der Waals surface area contributed by atoms with Crippen LogP contribution in [0.2, 0.25) is 0 Å². The number of carbonyl (C=O) groups excluding carboxylic acids is 1. The first-order valence-corrected chi connectivity index (χ1v) is 9.37. The Labute approximate surface area is 162 Å². The van der Waals surface area contributed by atoms with Gasteiger partial charge in [0.25, 0.3) is 11.6 Å². The highest BCUT2D eigenvalue weighted by molar-refractivity contribution is 6.07. The lowest BCUT2D eigenvalue weighted by Crippen LogP contribution is -2.30. The van der Waals surface area contributed by atoms with Crippen molar-refractivity contribution < 1.29 is 14.5 Å². The van der Waals surface area contributed by atoms with Crippen molar-refractivity contribution in [3.8, 4) is 5.75 Å². The first kappa shape index (κ1) is 18.0. The summed E-state index contributed by atoms with van der Waals surface area (Å²) in [5.74, 6) is 0.703. The molecule has 28 heavy (non-hydrogen) atoms. The number of rotatable bonds is 5. The van der Waals surface area contributed by atoms with Crippen LogP contribution >= 0.6 is 0 Å². The second-order valence-electron chi connectivity index (χ2n) is 6.85. The normalized spacial score (nSPS) is 16.5. The predicted molar refractivity (Wildman–Crippen MR) is 106 cm³/mol. The number of nitro groups is 1. The first-order valence-electron chi connectivity index (χ1n) is 9.37. The Morgan fingerprint density at radius 1 is 1.29 bits per heavy atom. The van der Waals surface area contributed by atoms with E-state index in [1.165, 1.54) is 12.1 Å². The van der Waals surface area contributed by atoms with Gasteiger partial charge < -0.3 is 14.6 Å². The van der Waals surface area contributed by atoms with Crippen molar-refractivity contribution in [2.24, 2.45) is 0 Å². The fourth-order valence-corrected chi connectivity index (χ4v) is 3.86. The Balaban J connectivity index is 1.64. The van der Waals surface area contributed by atoms with Gasteiger partial charge in [0.1, 0.15) is 5.75 Å². The average molecular weight is 379 g/mol. The van der Waals surface area contributed by atoms with E-state index in [0.29, 0.717) is 29.6 Å².